The number of piperidine rings is 2. The number of fused-ring (bicyclic) bond motifs is 2. The maximum atomic E-state index is 11.1. The zero-order valence-corrected chi connectivity index (χ0v) is 6.36. The molecule has 2 aliphatic heterocycles. The molecule has 2 atom stereocenters. The molecule has 2 aliphatic rings. The Morgan fingerprint density at radius 1 is 1.36 bits per heavy atom. The van der Waals surface area contributed by atoms with Crippen LogP contribution in [0, 0.1) is 6.42 Å². The Morgan fingerprint density at radius 2 is 1.91 bits per heavy atom. The summed E-state index contributed by atoms with van der Waals surface area (Å²) in [5.41, 5.74) is 0. The van der Waals surface area contributed by atoms with Gasteiger partial charge in [-0.25, -0.2) is 0 Å². The quantitative estimate of drug-likeness (QED) is 0.524. The molecule has 60 valence electrons. The number of ketones is 1. The fourth-order valence-electron chi connectivity index (χ4n) is 1.96. The van der Waals surface area contributed by atoms with E-state index in [0.717, 1.165) is 12.8 Å². The Morgan fingerprint density at radius 3 is 2.45 bits per heavy atom. The summed E-state index contributed by atoms with van der Waals surface area (Å²) in [4.78, 5) is 11.1. The molecule has 0 aromatic carbocycles. The van der Waals surface area contributed by atoms with Crippen molar-refractivity contribution in [3.05, 3.63) is 6.42 Å². The predicted octanol–water partition coefficient (Wildman–Crippen LogP) is 0.776. The maximum absolute atomic E-state index is 11.1. The second kappa shape index (κ2) is 2.50. The summed E-state index contributed by atoms with van der Waals surface area (Å²) in [6.07, 6.45) is 4.96. The van der Waals surface area contributed by atoms with Gasteiger partial charge in [-0.05, 0) is 0 Å². The van der Waals surface area contributed by atoms with Crippen LogP contribution in [0.3, 0.4) is 0 Å². The highest BCUT2D eigenvalue weighted by molar-refractivity contribution is 5.80. The molecule has 0 aliphatic carbocycles. The summed E-state index contributed by atoms with van der Waals surface area (Å²) in [5.74, 6) is 0.304. The van der Waals surface area contributed by atoms with Crippen LogP contribution in [0.25, 0.3) is 0 Å². The predicted molar refractivity (Wildman–Crippen MR) is 39.0 cm³/mol. The molecule has 0 aromatic heterocycles. The van der Waals surface area contributed by atoms with E-state index in [0.29, 0.717) is 18.6 Å². The Balaban J connectivity index is 2.12. The van der Waals surface area contributed by atoms with Gasteiger partial charge in [0, 0.05) is 12.8 Å². The number of carbonyl (C=O) groups excluding carboxylic acids is 1. The van der Waals surface area contributed by atoms with Gasteiger partial charge in [-0.2, -0.15) is 5.06 Å². The third-order valence-electron chi connectivity index (χ3n) is 2.55. The average Bonchev–Trinajstić information content (AvgIpc) is 1.92. The number of hydrogen-bond acceptors (Lipinski definition) is 3. The van der Waals surface area contributed by atoms with Crippen molar-refractivity contribution < 1.29 is 10.0 Å². The van der Waals surface area contributed by atoms with Gasteiger partial charge >= 0.3 is 0 Å². The highest BCUT2D eigenvalue weighted by Crippen LogP contribution is 2.29. The van der Waals surface area contributed by atoms with Crippen LogP contribution >= 0.6 is 0 Å². The lowest BCUT2D eigenvalue weighted by Gasteiger charge is -2.36. The van der Waals surface area contributed by atoms with Gasteiger partial charge in [0.15, 0.2) is 0 Å². The molecule has 3 nitrogen and oxygen atoms in total. The largest absolute Gasteiger partial charge is 0.313 e. The smallest absolute Gasteiger partial charge is 0.136 e. The average molecular weight is 154 g/mol. The fourth-order valence-corrected chi connectivity index (χ4v) is 1.96. The zero-order chi connectivity index (χ0) is 7.84. The number of nitrogens with zero attached hydrogens (tertiary/aromatic N) is 1. The number of rotatable bonds is 0. The van der Waals surface area contributed by atoms with Gasteiger partial charge in [0.2, 0.25) is 0 Å². The van der Waals surface area contributed by atoms with E-state index in [-0.39, 0.29) is 12.1 Å². The molecule has 0 saturated carbocycles. The third kappa shape index (κ3) is 1.14. The number of hydroxylamine groups is 2. The summed E-state index contributed by atoms with van der Waals surface area (Å²) in [6.45, 7) is 0. The summed E-state index contributed by atoms with van der Waals surface area (Å²) < 4.78 is 0. The second-order valence-corrected chi connectivity index (χ2v) is 3.39. The summed E-state index contributed by atoms with van der Waals surface area (Å²) in [5, 5.41) is 10.8. The van der Waals surface area contributed by atoms with Crippen LogP contribution in [0.15, 0.2) is 0 Å². The van der Waals surface area contributed by atoms with Crippen molar-refractivity contribution in [1.29, 1.82) is 0 Å². The molecule has 11 heavy (non-hydrogen) atoms. The topological polar surface area (TPSA) is 40.5 Å². The summed E-state index contributed by atoms with van der Waals surface area (Å²) >= 11 is 0. The minimum absolute atomic E-state index is 0.0787. The summed E-state index contributed by atoms with van der Waals surface area (Å²) in [7, 11) is 0. The Kier molecular flexibility index (Phi) is 1.62. The minimum atomic E-state index is 0.0787. The van der Waals surface area contributed by atoms with Crippen LogP contribution in [0.5, 0.6) is 0 Å². The van der Waals surface area contributed by atoms with Crippen LogP contribution < -0.4 is 0 Å². The highest BCUT2D eigenvalue weighted by atomic mass is 16.5. The van der Waals surface area contributed by atoms with E-state index in [1.807, 2.05) is 0 Å². The lowest BCUT2D eigenvalue weighted by atomic mass is 9.86. The summed E-state index contributed by atoms with van der Waals surface area (Å²) in [6, 6.07) is 0.157. The first-order valence-electron chi connectivity index (χ1n) is 4.08. The van der Waals surface area contributed by atoms with Crippen molar-refractivity contribution in [1.82, 2.24) is 5.06 Å². The first-order valence-corrected chi connectivity index (χ1v) is 4.08. The molecule has 2 rings (SSSR count). The Hall–Kier alpha value is -0.540. The second-order valence-electron chi connectivity index (χ2n) is 3.39. The molecule has 3 heteroatoms. The van der Waals surface area contributed by atoms with Crippen molar-refractivity contribution in [2.45, 2.75) is 37.8 Å². The molecule has 1 N–H and O–H groups in total. The molecule has 0 spiro atoms. The van der Waals surface area contributed by atoms with E-state index < -0.39 is 0 Å². The molecule has 2 bridgehead atoms. The van der Waals surface area contributed by atoms with Gasteiger partial charge in [-0.15, -0.1) is 0 Å². The molecular formula is C8H12NO2+. The van der Waals surface area contributed by atoms with Crippen LogP contribution in [-0.2, 0) is 4.79 Å². The van der Waals surface area contributed by atoms with Crippen molar-refractivity contribution >= 4 is 5.78 Å². The lowest BCUT2D eigenvalue weighted by molar-refractivity contribution is -0.188. The van der Waals surface area contributed by atoms with E-state index in [4.69, 9.17) is 0 Å². The zero-order valence-electron chi connectivity index (χ0n) is 6.36. The molecule has 0 aromatic rings. The van der Waals surface area contributed by atoms with Gasteiger partial charge in [0.25, 0.3) is 0 Å². The van der Waals surface area contributed by atoms with Crippen molar-refractivity contribution in [2.24, 2.45) is 0 Å². The van der Waals surface area contributed by atoms with Gasteiger partial charge < -0.3 is 5.21 Å². The van der Waals surface area contributed by atoms with Gasteiger partial charge in [0.1, 0.15) is 18.6 Å². The van der Waals surface area contributed by atoms with E-state index >= 15 is 0 Å². The maximum Gasteiger partial charge on any atom is 0.136 e. The number of carbonyl (C=O) groups is 1. The van der Waals surface area contributed by atoms with E-state index in [9.17, 15) is 10.0 Å². The third-order valence-corrected chi connectivity index (χ3v) is 2.55. The van der Waals surface area contributed by atoms with Crippen LogP contribution in [0.2, 0.25) is 0 Å². The molecule has 2 saturated heterocycles. The first kappa shape index (κ1) is 7.13. The van der Waals surface area contributed by atoms with E-state index in [1.165, 1.54) is 5.06 Å². The molecule has 0 radical (unpaired) electrons. The minimum Gasteiger partial charge on any atom is -0.313 e. The first-order chi connectivity index (χ1) is 5.27. The standard InChI is InChI=1S/C8H12NO2/c10-8-4-6-2-1-3-7(5-8)9(6)11/h1,6-7,11H,2-5H2/q+1. The van der Waals surface area contributed by atoms with Crippen molar-refractivity contribution in [2.75, 3.05) is 0 Å². The SMILES string of the molecule is O=C1CC2C[CH+]CC(C1)N2O. The van der Waals surface area contributed by atoms with Gasteiger partial charge in [0.05, 0.1) is 18.5 Å². The molecular weight excluding hydrogens is 142 g/mol. The van der Waals surface area contributed by atoms with Crippen LogP contribution in [0.4, 0.5) is 0 Å². The van der Waals surface area contributed by atoms with E-state index in [1.54, 1.807) is 0 Å². The van der Waals surface area contributed by atoms with Crippen LogP contribution in [0.1, 0.15) is 25.7 Å². The number of hydrogen-bond donors (Lipinski definition) is 1. The highest BCUT2D eigenvalue weighted by Gasteiger charge is 2.40. The monoisotopic (exact) mass is 154 g/mol. The lowest BCUT2D eigenvalue weighted by Crippen LogP contribution is -2.50. The normalized spacial score (nSPS) is 38.5. The molecule has 2 heterocycles. The molecule has 2 fully saturated rings. The molecule has 2 unspecified atom stereocenters. The van der Waals surface area contributed by atoms with Gasteiger partial charge in [-0.3, -0.25) is 4.79 Å². The Bertz CT molecular complexity index is 165. The van der Waals surface area contributed by atoms with E-state index in [2.05, 4.69) is 6.42 Å². The van der Waals surface area contributed by atoms with Gasteiger partial charge in [-0.1, -0.05) is 0 Å². The van der Waals surface area contributed by atoms with Crippen molar-refractivity contribution in [3.63, 3.8) is 0 Å². The Labute approximate surface area is 66.0 Å². The fraction of sp³-hybridized carbons (Fsp3) is 0.750. The van der Waals surface area contributed by atoms with Crippen molar-refractivity contribution in [3.8, 4) is 0 Å². The van der Waals surface area contributed by atoms with Crippen LogP contribution in [-0.4, -0.2) is 28.1 Å². The molecule has 0 amide bonds. The number of Topliss-reactive ketones (excluding diaryl/α,β-unsaturated/α-hetero) is 1.